The molecule has 0 spiro atoms. The summed E-state index contributed by atoms with van der Waals surface area (Å²) in [6, 6.07) is -0.0414. The number of hydrogen-bond donors (Lipinski definition) is 1. The second-order valence-corrected chi connectivity index (χ2v) is 6.20. The van der Waals surface area contributed by atoms with Gasteiger partial charge in [0.15, 0.2) is 0 Å². The Morgan fingerprint density at radius 2 is 2.40 bits per heavy atom. The molecule has 1 amide bonds. The van der Waals surface area contributed by atoms with E-state index in [1.807, 2.05) is 0 Å². The van der Waals surface area contributed by atoms with Crippen LogP contribution in [0.3, 0.4) is 0 Å². The number of carbonyl (C=O) groups excluding carboxylic acids is 1. The van der Waals surface area contributed by atoms with Gasteiger partial charge < -0.3 is 4.90 Å². The molecule has 1 aliphatic rings. The molecule has 0 aromatic rings. The van der Waals surface area contributed by atoms with E-state index in [4.69, 9.17) is 11.2 Å². The van der Waals surface area contributed by atoms with Gasteiger partial charge in [-0.3, -0.25) is 9.57 Å². The first-order chi connectivity index (χ1) is 6.96. The van der Waals surface area contributed by atoms with E-state index in [9.17, 15) is 9.00 Å². The molecule has 1 aliphatic heterocycles. The Kier molecular flexibility index (Phi) is 3.75. The lowest BCUT2D eigenvalue weighted by Gasteiger charge is -2.23. The number of terminal acetylenes is 1. The average Bonchev–Trinajstić information content (AvgIpc) is 2.54. The zero-order valence-corrected chi connectivity index (χ0v) is 9.68. The highest BCUT2D eigenvalue weighted by molar-refractivity contribution is 7.92. The molecule has 15 heavy (non-hydrogen) atoms. The van der Waals surface area contributed by atoms with E-state index in [1.54, 1.807) is 11.9 Å². The number of rotatable bonds is 3. The topological polar surface area (TPSA) is 61.2 Å². The Balaban J connectivity index is 2.52. The van der Waals surface area contributed by atoms with Crippen LogP contribution in [-0.4, -0.2) is 39.6 Å². The highest BCUT2D eigenvalue weighted by Crippen LogP contribution is 2.17. The third-order valence-electron chi connectivity index (χ3n) is 2.67. The van der Waals surface area contributed by atoms with Gasteiger partial charge in [-0.2, -0.15) is 0 Å². The van der Waals surface area contributed by atoms with E-state index in [-0.39, 0.29) is 11.9 Å². The van der Waals surface area contributed by atoms with Gasteiger partial charge in [0.2, 0.25) is 5.91 Å². The van der Waals surface area contributed by atoms with Crippen LogP contribution in [0.1, 0.15) is 19.3 Å². The van der Waals surface area contributed by atoms with Crippen molar-refractivity contribution in [1.82, 2.24) is 4.90 Å². The average molecular weight is 228 g/mol. The smallest absolute Gasteiger partial charge is 0.223 e. The summed E-state index contributed by atoms with van der Waals surface area (Å²) >= 11 is 0. The fourth-order valence-corrected chi connectivity index (χ4v) is 3.50. The highest BCUT2D eigenvalue weighted by Gasteiger charge is 2.30. The van der Waals surface area contributed by atoms with Crippen molar-refractivity contribution in [2.45, 2.75) is 25.3 Å². The van der Waals surface area contributed by atoms with E-state index in [1.165, 1.54) is 0 Å². The van der Waals surface area contributed by atoms with Gasteiger partial charge in [-0.05, 0) is 6.42 Å². The monoisotopic (exact) mass is 228 g/mol. The Labute approximate surface area is 91.0 Å². The molecule has 84 valence electrons. The van der Waals surface area contributed by atoms with Gasteiger partial charge in [-0.15, -0.1) is 12.3 Å². The normalized spacial score (nSPS) is 29.7. The molecular weight excluding hydrogens is 212 g/mol. The third kappa shape index (κ3) is 3.24. The third-order valence-corrected chi connectivity index (χ3v) is 4.49. The lowest BCUT2D eigenvalue weighted by Crippen LogP contribution is -2.37. The van der Waals surface area contributed by atoms with Crippen LogP contribution in [0.4, 0.5) is 0 Å². The van der Waals surface area contributed by atoms with Gasteiger partial charge in [0.05, 0.1) is 5.75 Å². The van der Waals surface area contributed by atoms with Crippen LogP contribution in [0, 0.1) is 17.1 Å². The zero-order valence-electron chi connectivity index (χ0n) is 8.86. The van der Waals surface area contributed by atoms with E-state index < -0.39 is 9.73 Å². The Bertz CT molecular complexity index is 381. The molecule has 2 unspecified atom stereocenters. The zero-order chi connectivity index (χ0) is 11.5. The van der Waals surface area contributed by atoms with Gasteiger partial charge in [0, 0.05) is 41.4 Å². The van der Waals surface area contributed by atoms with Crippen molar-refractivity contribution in [3.8, 4) is 12.3 Å². The summed E-state index contributed by atoms with van der Waals surface area (Å²) in [7, 11) is -0.730. The Hall–Kier alpha value is -1.02. The molecule has 1 N–H and O–H groups in total. The largest absolute Gasteiger partial charge is 0.342 e. The summed E-state index contributed by atoms with van der Waals surface area (Å²) in [4.78, 5) is 13.2. The van der Waals surface area contributed by atoms with Gasteiger partial charge in [0.1, 0.15) is 0 Å². The first-order valence-corrected chi connectivity index (χ1v) is 6.79. The number of nitrogens with one attached hydrogen (secondary N) is 1. The van der Waals surface area contributed by atoms with E-state index in [2.05, 4.69) is 5.92 Å². The van der Waals surface area contributed by atoms with E-state index in [0.29, 0.717) is 30.8 Å². The molecule has 1 heterocycles. The van der Waals surface area contributed by atoms with Crippen LogP contribution in [0.25, 0.3) is 0 Å². The van der Waals surface area contributed by atoms with Crippen molar-refractivity contribution in [2.24, 2.45) is 0 Å². The lowest BCUT2D eigenvalue weighted by atomic mass is 10.2. The predicted molar refractivity (Wildman–Crippen MR) is 59.8 cm³/mol. The molecule has 1 fully saturated rings. The molecule has 0 radical (unpaired) electrons. The minimum absolute atomic E-state index is 0.0185. The maximum absolute atomic E-state index is 11.6. The first-order valence-electron chi connectivity index (χ1n) is 4.89. The first kappa shape index (κ1) is 12.1. The molecular formula is C10H16N2O2S. The summed E-state index contributed by atoms with van der Waals surface area (Å²) in [5, 5.41) is 0. The molecule has 0 bridgehead atoms. The van der Waals surface area contributed by atoms with Crippen LogP contribution < -0.4 is 0 Å². The molecule has 2 atom stereocenters. The number of hydrogen-bond acceptors (Lipinski definition) is 3. The fraction of sp³-hybridized carbons (Fsp3) is 0.700. The van der Waals surface area contributed by atoms with Crippen molar-refractivity contribution in [1.29, 1.82) is 4.78 Å². The maximum atomic E-state index is 11.6. The summed E-state index contributed by atoms with van der Waals surface area (Å²) in [5.74, 6) is 3.12. The maximum Gasteiger partial charge on any atom is 0.223 e. The van der Waals surface area contributed by atoms with Crippen LogP contribution in [0.2, 0.25) is 0 Å². The summed E-state index contributed by atoms with van der Waals surface area (Å²) in [5.41, 5.74) is 0. The molecule has 0 aromatic carbocycles. The summed E-state index contributed by atoms with van der Waals surface area (Å²) in [6.07, 6.45) is 6.52. The predicted octanol–water partition coefficient (Wildman–Crippen LogP) is 0.677. The van der Waals surface area contributed by atoms with Crippen molar-refractivity contribution < 1.29 is 9.00 Å². The number of nitrogens with zero attached hydrogens (tertiary/aromatic N) is 1. The minimum atomic E-state index is -2.43. The lowest BCUT2D eigenvalue weighted by molar-refractivity contribution is -0.131. The molecule has 5 heteroatoms. The molecule has 1 saturated heterocycles. The standard InChI is InChI=1S/C10H16N2O2S/c1-3-4-5-10(13)12(2)9-6-7-15(11,14)8-9/h1,9,11H,4-8H2,2H3. The van der Waals surface area contributed by atoms with Gasteiger partial charge >= 0.3 is 0 Å². The van der Waals surface area contributed by atoms with Crippen molar-refractivity contribution in [3.63, 3.8) is 0 Å². The van der Waals surface area contributed by atoms with E-state index >= 15 is 0 Å². The minimum Gasteiger partial charge on any atom is -0.342 e. The van der Waals surface area contributed by atoms with Crippen molar-refractivity contribution in [3.05, 3.63) is 0 Å². The van der Waals surface area contributed by atoms with Gasteiger partial charge in [-0.1, -0.05) is 0 Å². The van der Waals surface area contributed by atoms with Crippen molar-refractivity contribution >= 4 is 15.6 Å². The van der Waals surface area contributed by atoms with Crippen molar-refractivity contribution in [2.75, 3.05) is 18.6 Å². The summed E-state index contributed by atoms with van der Waals surface area (Å²) in [6.45, 7) is 0. The molecule has 0 aromatic heterocycles. The molecule has 0 aliphatic carbocycles. The Morgan fingerprint density at radius 3 is 2.87 bits per heavy atom. The molecule has 1 rings (SSSR count). The van der Waals surface area contributed by atoms with Crippen LogP contribution >= 0.6 is 0 Å². The SMILES string of the molecule is C#CCCC(=O)N(C)C1CCS(=N)(=O)C1. The van der Waals surface area contributed by atoms with E-state index in [0.717, 1.165) is 0 Å². The number of amides is 1. The molecule has 4 nitrogen and oxygen atoms in total. The number of carbonyl (C=O) groups is 1. The second kappa shape index (κ2) is 4.67. The molecule has 0 saturated carbocycles. The van der Waals surface area contributed by atoms with Crippen LogP contribution in [0.5, 0.6) is 0 Å². The fourth-order valence-electron chi connectivity index (χ4n) is 1.67. The van der Waals surface area contributed by atoms with Crippen LogP contribution in [0.15, 0.2) is 0 Å². The second-order valence-electron chi connectivity index (χ2n) is 3.83. The highest BCUT2D eigenvalue weighted by atomic mass is 32.2. The quantitative estimate of drug-likeness (QED) is 0.722. The van der Waals surface area contributed by atoms with Gasteiger partial charge in [-0.25, -0.2) is 4.21 Å². The summed E-state index contributed by atoms with van der Waals surface area (Å²) < 4.78 is 18.9. The van der Waals surface area contributed by atoms with Crippen LogP contribution in [-0.2, 0) is 14.5 Å². The Morgan fingerprint density at radius 1 is 1.73 bits per heavy atom. The van der Waals surface area contributed by atoms with Gasteiger partial charge in [0.25, 0.3) is 0 Å².